The number of hydrogen-bond donors (Lipinski definition) is 2. The summed E-state index contributed by atoms with van der Waals surface area (Å²) in [5.41, 5.74) is 6.85. The van der Waals surface area contributed by atoms with Gasteiger partial charge in [-0.2, -0.15) is 0 Å². The van der Waals surface area contributed by atoms with Crippen molar-refractivity contribution < 1.29 is 4.74 Å². The van der Waals surface area contributed by atoms with E-state index in [4.69, 9.17) is 10.5 Å². The Labute approximate surface area is 126 Å². The van der Waals surface area contributed by atoms with Crippen molar-refractivity contribution in [2.24, 2.45) is 10.7 Å². The fourth-order valence-corrected chi connectivity index (χ4v) is 1.38. The van der Waals surface area contributed by atoms with E-state index >= 15 is 0 Å². The second-order valence-corrected chi connectivity index (χ2v) is 4.23. The lowest BCUT2D eigenvalue weighted by molar-refractivity contribution is 0.328. The van der Waals surface area contributed by atoms with E-state index in [2.05, 4.69) is 10.3 Å². The number of hydrogen-bond acceptors (Lipinski definition) is 2. The van der Waals surface area contributed by atoms with Crippen molar-refractivity contribution >= 4 is 29.9 Å². The fraction of sp³-hybridized carbons (Fsp3) is 0.462. The van der Waals surface area contributed by atoms with Crippen molar-refractivity contribution in [3.63, 3.8) is 0 Å². The lowest BCUT2D eigenvalue weighted by Crippen LogP contribution is -2.37. The number of guanidine groups is 1. The highest BCUT2D eigenvalue weighted by Gasteiger charge is 1.95. The van der Waals surface area contributed by atoms with Crippen LogP contribution in [-0.2, 0) is 0 Å². The molecule has 1 aromatic carbocycles. The summed E-state index contributed by atoms with van der Waals surface area (Å²) in [6, 6.07) is 8.25. The third-order valence-electron chi connectivity index (χ3n) is 2.07. The summed E-state index contributed by atoms with van der Waals surface area (Å²) in [4.78, 5) is 4.16. The van der Waals surface area contributed by atoms with Crippen LogP contribution in [0.1, 0.15) is 19.4 Å². The van der Waals surface area contributed by atoms with Crippen molar-refractivity contribution in [1.29, 1.82) is 0 Å². The van der Waals surface area contributed by atoms with Gasteiger partial charge in [-0.25, -0.2) is 4.99 Å². The summed E-state index contributed by atoms with van der Waals surface area (Å²) in [5, 5.41) is 3.02. The van der Waals surface area contributed by atoms with Crippen LogP contribution in [0.15, 0.2) is 29.3 Å². The topological polar surface area (TPSA) is 59.6 Å². The van der Waals surface area contributed by atoms with Gasteiger partial charge in [0, 0.05) is 6.04 Å². The Balaban J connectivity index is 0.00000289. The van der Waals surface area contributed by atoms with Crippen LogP contribution in [0, 0.1) is 6.92 Å². The molecule has 1 rings (SSSR count). The van der Waals surface area contributed by atoms with Crippen LogP contribution in [0.5, 0.6) is 5.75 Å². The van der Waals surface area contributed by atoms with Crippen molar-refractivity contribution in [2.45, 2.75) is 26.8 Å². The molecule has 0 heterocycles. The van der Waals surface area contributed by atoms with E-state index in [1.54, 1.807) is 0 Å². The van der Waals surface area contributed by atoms with Gasteiger partial charge in [0.1, 0.15) is 12.4 Å². The smallest absolute Gasteiger partial charge is 0.188 e. The standard InChI is InChI=1S/C13H21N3O.HI/c1-10(2)16-13(14)15-7-8-17-12-6-4-5-11(3)9-12;/h4-6,9-10H,7-8H2,1-3H3,(H3,14,15,16);1H. The first-order valence-corrected chi connectivity index (χ1v) is 5.84. The number of benzene rings is 1. The summed E-state index contributed by atoms with van der Waals surface area (Å²) in [5.74, 6) is 1.34. The van der Waals surface area contributed by atoms with Crippen LogP contribution in [0.25, 0.3) is 0 Å². The molecule has 4 nitrogen and oxygen atoms in total. The van der Waals surface area contributed by atoms with Gasteiger partial charge in [0.05, 0.1) is 6.54 Å². The van der Waals surface area contributed by atoms with Gasteiger partial charge in [-0.1, -0.05) is 12.1 Å². The molecule has 0 saturated heterocycles. The van der Waals surface area contributed by atoms with Crippen LogP contribution >= 0.6 is 24.0 Å². The van der Waals surface area contributed by atoms with Crippen LogP contribution in [-0.4, -0.2) is 25.2 Å². The molecule has 0 fully saturated rings. The highest BCUT2D eigenvalue weighted by molar-refractivity contribution is 14.0. The average molecular weight is 363 g/mol. The summed E-state index contributed by atoms with van der Waals surface area (Å²) < 4.78 is 5.55. The normalized spacial score (nSPS) is 11.0. The Morgan fingerprint density at radius 3 is 2.78 bits per heavy atom. The Morgan fingerprint density at radius 2 is 2.17 bits per heavy atom. The lowest BCUT2D eigenvalue weighted by atomic mass is 10.2. The van der Waals surface area contributed by atoms with Gasteiger partial charge >= 0.3 is 0 Å². The first-order valence-electron chi connectivity index (χ1n) is 5.84. The lowest BCUT2D eigenvalue weighted by Gasteiger charge is -2.09. The third-order valence-corrected chi connectivity index (χ3v) is 2.07. The molecule has 0 unspecified atom stereocenters. The number of nitrogens with zero attached hydrogens (tertiary/aromatic N) is 1. The summed E-state index contributed by atoms with van der Waals surface area (Å²) >= 11 is 0. The number of aliphatic imine (C=N–C) groups is 1. The van der Waals surface area contributed by atoms with E-state index < -0.39 is 0 Å². The van der Waals surface area contributed by atoms with Gasteiger partial charge in [0.2, 0.25) is 0 Å². The zero-order valence-corrected chi connectivity index (χ0v) is 13.5. The Morgan fingerprint density at radius 1 is 1.44 bits per heavy atom. The predicted octanol–water partition coefficient (Wildman–Crippen LogP) is 2.30. The van der Waals surface area contributed by atoms with Crippen LogP contribution < -0.4 is 15.8 Å². The zero-order chi connectivity index (χ0) is 12.7. The maximum absolute atomic E-state index is 5.66. The van der Waals surface area contributed by atoms with E-state index in [-0.39, 0.29) is 24.0 Å². The molecule has 0 saturated carbocycles. The molecule has 0 aliphatic carbocycles. The first-order chi connectivity index (χ1) is 8.08. The van der Waals surface area contributed by atoms with E-state index in [1.165, 1.54) is 5.56 Å². The van der Waals surface area contributed by atoms with Gasteiger partial charge in [-0.05, 0) is 38.5 Å². The quantitative estimate of drug-likeness (QED) is 0.365. The summed E-state index contributed by atoms with van der Waals surface area (Å²) in [6.07, 6.45) is 0. The minimum absolute atomic E-state index is 0. The van der Waals surface area contributed by atoms with Crippen molar-refractivity contribution in [1.82, 2.24) is 5.32 Å². The van der Waals surface area contributed by atoms with E-state index in [1.807, 2.05) is 45.0 Å². The molecule has 0 aromatic heterocycles. The number of ether oxygens (including phenoxy) is 1. The minimum atomic E-state index is 0. The fourth-order valence-electron chi connectivity index (χ4n) is 1.38. The Hall–Kier alpha value is -0.980. The molecule has 0 atom stereocenters. The minimum Gasteiger partial charge on any atom is -0.492 e. The van der Waals surface area contributed by atoms with Gasteiger partial charge in [-0.3, -0.25) is 0 Å². The third kappa shape index (κ3) is 7.37. The highest BCUT2D eigenvalue weighted by Crippen LogP contribution is 2.11. The molecular formula is C13H22IN3O. The molecule has 1 aromatic rings. The van der Waals surface area contributed by atoms with Gasteiger partial charge < -0.3 is 15.8 Å². The Kier molecular flexibility index (Phi) is 8.53. The number of aryl methyl sites for hydroxylation is 1. The number of rotatable bonds is 5. The number of halogens is 1. The zero-order valence-electron chi connectivity index (χ0n) is 11.1. The van der Waals surface area contributed by atoms with Crippen LogP contribution in [0.4, 0.5) is 0 Å². The Bertz CT molecular complexity index is 380. The number of nitrogens with one attached hydrogen (secondary N) is 1. The van der Waals surface area contributed by atoms with Crippen molar-refractivity contribution in [3.8, 4) is 5.75 Å². The highest BCUT2D eigenvalue weighted by atomic mass is 127. The van der Waals surface area contributed by atoms with E-state index in [9.17, 15) is 0 Å². The predicted molar refractivity (Wildman–Crippen MR) is 86.9 cm³/mol. The maximum Gasteiger partial charge on any atom is 0.188 e. The van der Waals surface area contributed by atoms with Gasteiger partial charge in [0.25, 0.3) is 0 Å². The van der Waals surface area contributed by atoms with E-state index in [0.717, 1.165) is 5.75 Å². The second-order valence-electron chi connectivity index (χ2n) is 4.23. The molecule has 5 heteroatoms. The van der Waals surface area contributed by atoms with Crippen molar-refractivity contribution in [2.75, 3.05) is 13.2 Å². The molecule has 3 N–H and O–H groups in total. The molecule has 0 radical (unpaired) electrons. The molecule has 0 bridgehead atoms. The second kappa shape index (κ2) is 9.02. The maximum atomic E-state index is 5.66. The molecule has 102 valence electrons. The largest absolute Gasteiger partial charge is 0.492 e. The molecule has 0 amide bonds. The monoisotopic (exact) mass is 363 g/mol. The summed E-state index contributed by atoms with van der Waals surface area (Å²) in [6.45, 7) is 7.16. The van der Waals surface area contributed by atoms with E-state index in [0.29, 0.717) is 25.2 Å². The number of nitrogens with two attached hydrogens (primary N) is 1. The first kappa shape index (κ1) is 17.0. The molecule has 0 aliphatic rings. The molecule has 18 heavy (non-hydrogen) atoms. The van der Waals surface area contributed by atoms with Crippen molar-refractivity contribution in [3.05, 3.63) is 29.8 Å². The molecule has 0 spiro atoms. The van der Waals surface area contributed by atoms with Gasteiger partial charge in [0.15, 0.2) is 5.96 Å². The van der Waals surface area contributed by atoms with Crippen LogP contribution in [0.2, 0.25) is 0 Å². The average Bonchev–Trinajstić information content (AvgIpc) is 2.23. The molecular weight excluding hydrogens is 341 g/mol. The summed E-state index contributed by atoms with van der Waals surface area (Å²) in [7, 11) is 0. The van der Waals surface area contributed by atoms with Crippen LogP contribution in [0.3, 0.4) is 0 Å². The van der Waals surface area contributed by atoms with Gasteiger partial charge in [-0.15, -0.1) is 24.0 Å². The molecule has 0 aliphatic heterocycles. The SMILES string of the molecule is Cc1cccc(OCCN=C(N)NC(C)C)c1.I.